The third-order valence-electron chi connectivity index (χ3n) is 6.08. The summed E-state index contributed by atoms with van der Waals surface area (Å²) < 4.78 is 0. The van der Waals surface area contributed by atoms with Crippen LogP contribution in [0, 0.1) is 0 Å². The zero-order valence-corrected chi connectivity index (χ0v) is 15.9. The van der Waals surface area contributed by atoms with Crippen LogP contribution in [-0.4, -0.2) is 34.3 Å². The highest BCUT2D eigenvalue weighted by atomic mass is 16.2. The summed E-state index contributed by atoms with van der Waals surface area (Å²) in [5, 5.41) is 3.29. The normalized spacial score (nSPS) is 20.8. The first-order valence-electron chi connectivity index (χ1n) is 9.97. The topological polar surface area (TPSA) is 83.6 Å². The average molecular weight is 388 g/mol. The molecule has 0 radical (unpaired) electrons. The van der Waals surface area contributed by atoms with Crippen LogP contribution in [0.15, 0.2) is 36.4 Å². The molecule has 3 aliphatic rings. The predicted octanol–water partition coefficient (Wildman–Crippen LogP) is 3.21. The van der Waals surface area contributed by atoms with Gasteiger partial charge in [0.15, 0.2) is 5.78 Å². The quantitative estimate of drug-likeness (QED) is 0.645. The lowest BCUT2D eigenvalue weighted by molar-refractivity contribution is -0.132. The van der Waals surface area contributed by atoms with Gasteiger partial charge in [0.05, 0.1) is 29.3 Å². The van der Waals surface area contributed by atoms with Crippen LogP contribution in [0.25, 0.3) is 0 Å². The van der Waals surface area contributed by atoms with Crippen LogP contribution in [0.5, 0.6) is 0 Å². The van der Waals surface area contributed by atoms with E-state index >= 15 is 0 Å². The van der Waals surface area contributed by atoms with E-state index in [0.29, 0.717) is 16.8 Å². The second kappa shape index (κ2) is 6.65. The standard InChI is InChI=1S/C23H20N2O4/c26-16-9-10-19(20(27)12-16)25-22(28)17-5-2-6-18(21(17)23(25)29)24-15-8-7-13-3-1-4-14(13)11-15/h2,5-8,11,19,24H,1,3-4,9-10,12H2. The van der Waals surface area contributed by atoms with Gasteiger partial charge in [-0.1, -0.05) is 12.1 Å². The molecule has 1 heterocycles. The third kappa shape index (κ3) is 2.87. The van der Waals surface area contributed by atoms with E-state index in [1.54, 1.807) is 18.2 Å². The Morgan fingerprint density at radius 3 is 2.55 bits per heavy atom. The summed E-state index contributed by atoms with van der Waals surface area (Å²) in [6.45, 7) is 0. The SMILES string of the molecule is O=C1CCC(N2C(=O)c3cccc(Nc4ccc5c(c4)CCC5)c3C2=O)C(=O)C1. The largest absolute Gasteiger partial charge is 0.355 e. The van der Waals surface area contributed by atoms with Crippen LogP contribution in [-0.2, 0) is 22.4 Å². The first-order valence-corrected chi connectivity index (χ1v) is 9.97. The molecule has 6 heteroatoms. The Bertz CT molecular complexity index is 1090. The van der Waals surface area contributed by atoms with Crippen molar-refractivity contribution in [3.63, 3.8) is 0 Å². The monoisotopic (exact) mass is 388 g/mol. The third-order valence-corrected chi connectivity index (χ3v) is 6.08. The van der Waals surface area contributed by atoms with Gasteiger partial charge in [-0.3, -0.25) is 24.1 Å². The van der Waals surface area contributed by atoms with E-state index in [4.69, 9.17) is 0 Å². The Balaban J connectivity index is 1.47. The number of amides is 2. The summed E-state index contributed by atoms with van der Waals surface area (Å²) in [5.74, 6) is -1.43. The minimum Gasteiger partial charge on any atom is -0.355 e. The number of carbonyl (C=O) groups is 4. The highest BCUT2D eigenvalue weighted by molar-refractivity contribution is 6.25. The van der Waals surface area contributed by atoms with Crippen molar-refractivity contribution in [3.8, 4) is 0 Å². The summed E-state index contributed by atoms with van der Waals surface area (Å²) in [6, 6.07) is 10.4. The number of carbonyl (C=O) groups excluding carboxylic acids is 4. The molecule has 2 aromatic carbocycles. The molecular weight excluding hydrogens is 368 g/mol. The number of hydrogen-bond acceptors (Lipinski definition) is 5. The predicted molar refractivity (Wildman–Crippen MR) is 106 cm³/mol. The smallest absolute Gasteiger partial charge is 0.264 e. The lowest BCUT2D eigenvalue weighted by Gasteiger charge is -2.27. The minimum absolute atomic E-state index is 0.137. The number of ketones is 2. The molecule has 1 fully saturated rings. The van der Waals surface area contributed by atoms with Gasteiger partial charge < -0.3 is 5.32 Å². The molecule has 1 unspecified atom stereocenters. The second-order valence-corrected chi connectivity index (χ2v) is 7.91. The van der Waals surface area contributed by atoms with Gasteiger partial charge in [-0.05, 0) is 61.1 Å². The van der Waals surface area contributed by atoms with Gasteiger partial charge in [-0.25, -0.2) is 0 Å². The summed E-state index contributed by atoms with van der Waals surface area (Å²) in [6.07, 6.45) is 3.50. The fraction of sp³-hybridized carbons (Fsp3) is 0.304. The van der Waals surface area contributed by atoms with Crippen LogP contribution in [0.2, 0.25) is 0 Å². The van der Waals surface area contributed by atoms with Crippen LogP contribution in [0.4, 0.5) is 11.4 Å². The molecule has 0 aromatic heterocycles. The van der Waals surface area contributed by atoms with Crippen LogP contribution < -0.4 is 5.32 Å². The molecule has 6 nitrogen and oxygen atoms in total. The van der Waals surface area contributed by atoms with Gasteiger partial charge in [-0.2, -0.15) is 0 Å². The number of fused-ring (bicyclic) bond motifs is 2. The summed E-state index contributed by atoms with van der Waals surface area (Å²) in [7, 11) is 0. The Morgan fingerprint density at radius 1 is 0.897 bits per heavy atom. The van der Waals surface area contributed by atoms with Crippen molar-refractivity contribution in [1.82, 2.24) is 4.90 Å². The minimum atomic E-state index is -0.854. The summed E-state index contributed by atoms with van der Waals surface area (Å²) in [4.78, 5) is 51.0. The highest BCUT2D eigenvalue weighted by Gasteiger charge is 2.45. The van der Waals surface area contributed by atoms with Gasteiger partial charge in [0, 0.05) is 12.1 Å². The van der Waals surface area contributed by atoms with E-state index in [1.165, 1.54) is 11.1 Å². The molecule has 0 spiro atoms. The van der Waals surface area contributed by atoms with E-state index in [9.17, 15) is 19.2 Å². The van der Waals surface area contributed by atoms with E-state index in [0.717, 1.165) is 29.8 Å². The van der Waals surface area contributed by atoms with Crippen molar-refractivity contribution in [1.29, 1.82) is 0 Å². The number of nitrogens with one attached hydrogen (secondary N) is 1. The lowest BCUT2D eigenvalue weighted by Crippen LogP contribution is -2.47. The van der Waals surface area contributed by atoms with Crippen molar-refractivity contribution in [2.24, 2.45) is 0 Å². The van der Waals surface area contributed by atoms with Crippen molar-refractivity contribution in [3.05, 3.63) is 58.7 Å². The zero-order valence-electron chi connectivity index (χ0n) is 15.9. The zero-order chi connectivity index (χ0) is 20.1. The second-order valence-electron chi connectivity index (χ2n) is 7.91. The Hall–Kier alpha value is -3.28. The maximum atomic E-state index is 13.2. The molecule has 146 valence electrons. The molecular formula is C23H20N2O4. The van der Waals surface area contributed by atoms with Crippen molar-refractivity contribution in [2.45, 2.75) is 44.6 Å². The van der Waals surface area contributed by atoms with Gasteiger partial charge in [0.1, 0.15) is 5.78 Å². The Morgan fingerprint density at radius 2 is 1.72 bits per heavy atom. The number of rotatable bonds is 3. The Labute approximate surface area is 167 Å². The van der Waals surface area contributed by atoms with Crippen molar-refractivity contribution >= 4 is 34.8 Å². The molecule has 5 rings (SSSR count). The fourth-order valence-corrected chi connectivity index (χ4v) is 4.63. The maximum absolute atomic E-state index is 13.2. The van der Waals surface area contributed by atoms with Crippen LogP contribution in [0.3, 0.4) is 0 Å². The molecule has 0 saturated heterocycles. The maximum Gasteiger partial charge on any atom is 0.264 e. The van der Waals surface area contributed by atoms with Gasteiger partial charge >= 0.3 is 0 Å². The highest BCUT2D eigenvalue weighted by Crippen LogP contribution is 2.35. The molecule has 1 aliphatic heterocycles. The lowest BCUT2D eigenvalue weighted by atomic mass is 9.92. The van der Waals surface area contributed by atoms with Crippen LogP contribution >= 0.6 is 0 Å². The number of benzene rings is 2. The molecule has 1 saturated carbocycles. The van der Waals surface area contributed by atoms with Gasteiger partial charge in [0.25, 0.3) is 11.8 Å². The Kier molecular flexibility index (Phi) is 4.08. The van der Waals surface area contributed by atoms with E-state index in [1.807, 2.05) is 6.07 Å². The fourth-order valence-electron chi connectivity index (χ4n) is 4.63. The van der Waals surface area contributed by atoms with E-state index in [-0.39, 0.29) is 30.8 Å². The first kappa shape index (κ1) is 17.8. The van der Waals surface area contributed by atoms with Gasteiger partial charge in [0.2, 0.25) is 0 Å². The number of Topliss-reactive ketones (excluding diaryl/α,β-unsaturated/α-hetero) is 2. The molecule has 29 heavy (non-hydrogen) atoms. The number of imide groups is 1. The molecule has 2 amide bonds. The summed E-state index contributed by atoms with van der Waals surface area (Å²) >= 11 is 0. The average Bonchev–Trinajstić information content (AvgIpc) is 3.26. The van der Waals surface area contributed by atoms with E-state index in [2.05, 4.69) is 17.4 Å². The van der Waals surface area contributed by atoms with Crippen molar-refractivity contribution in [2.75, 3.05) is 5.32 Å². The number of nitrogens with zero attached hydrogens (tertiary/aromatic N) is 1. The molecule has 2 aromatic rings. The number of aryl methyl sites for hydroxylation is 2. The van der Waals surface area contributed by atoms with Gasteiger partial charge in [-0.15, -0.1) is 0 Å². The van der Waals surface area contributed by atoms with Crippen molar-refractivity contribution < 1.29 is 19.2 Å². The molecule has 1 atom stereocenters. The van der Waals surface area contributed by atoms with E-state index < -0.39 is 17.9 Å². The first-order chi connectivity index (χ1) is 14.0. The molecule has 1 N–H and O–H groups in total. The molecule has 0 bridgehead atoms. The summed E-state index contributed by atoms with van der Waals surface area (Å²) in [5.41, 5.74) is 4.69. The number of hydrogen-bond donors (Lipinski definition) is 1. The number of anilines is 2. The van der Waals surface area contributed by atoms with Crippen LogP contribution in [0.1, 0.15) is 57.5 Å². The molecule has 2 aliphatic carbocycles.